The minimum atomic E-state index is -0.135. The van der Waals surface area contributed by atoms with E-state index in [4.69, 9.17) is 11.6 Å². The normalized spacial score (nSPS) is 10.5. The number of hydrogen-bond donors (Lipinski definition) is 2. The molecule has 3 aromatic rings. The summed E-state index contributed by atoms with van der Waals surface area (Å²) in [7, 11) is 0. The van der Waals surface area contributed by atoms with Crippen LogP contribution in [0.15, 0.2) is 54.6 Å². The summed E-state index contributed by atoms with van der Waals surface area (Å²) >= 11 is 5.80. The number of H-pyrrole nitrogens is 1. The van der Waals surface area contributed by atoms with E-state index in [-0.39, 0.29) is 5.91 Å². The van der Waals surface area contributed by atoms with E-state index in [1.54, 1.807) is 24.3 Å². The highest BCUT2D eigenvalue weighted by molar-refractivity contribution is 6.30. The average molecular weight is 327 g/mol. The third-order valence-electron chi connectivity index (χ3n) is 3.32. The van der Waals surface area contributed by atoms with Crippen molar-refractivity contribution in [2.75, 3.05) is 6.54 Å². The van der Waals surface area contributed by atoms with Crippen LogP contribution in [0, 0.1) is 0 Å². The molecule has 0 saturated heterocycles. The Labute approximate surface area is 138 Å². The summed E-state index contributed by atoms with van der Waals surface area (Å²) in [5.41, 5.74) is 1.54. The topological polar surface area (TPSA) is 70.7 Å². The summed E-state index contributed by atoms with van der Waals surface area (Å²) in [6.45, 7) is 0.477. The second kappa shape index (κ2) is 7.07. The van der Waals surface area contributed by atoms with Crippen LogP contribution < -0.4 is 5.32 Å². The lowest BCUT2D eigenvalue weighted by Crippen LogP contribution is -2.25. The van der Waals surface area contributed by atoms with E-state index in [1.165, 1.54) is 0 Å². The molecule has 0 fully saturated rings. The first-order chi connectivity index (χ1) is 11.2. The number of nitrogens with one attached hydrogen (secondary N) is 2. The minimum Gasteiger partial charge on any atom is -0.352 e. The highest BCUT2D eigenvalue weighted by Crippen LogP contribution is 2.13. The Balaban J connectivity index is 1.54. The van der Waals surface area contributed by atoms with E-state index in [0.717, 1.165) is 11.4 Å². The van der Waals surface area contributed by atoms with E-state index in [9.17, 15) is 4.79 Å². The van der Waals surface area contributed by atoms with Crippen molar-refractivity contribution >= 4 is 17.5 Å². The van der Waals surface area contributed by atoms with E-state index in [0.29, 0.717) is 29.4 Å². The molecule has 0 atom stereocenters. The number of aromatic amines is 1. The fourth-order valence-corrected chi connectivity index (χ4v) is 2.25. The predicted octanol–water partition coefficient (Wildman–Crippen LogP) is 3.10. The minimum absolute atomic E-state index is 0.135. The van der Waals surface area contributed by atoms with Crippen LogP contribution in [0.2, 0.25) is 5.02 Å². The first-order valence-electron chi connectivity index (χ1n) is 7.23. The van der Waals surface area contributed by atoms with Crippen LogP contribution in [0.1, 0.15) is 16.2 Å². The zero-order chi connectivity index (χ0) is 16.1. The molecule has 3 rings (SSSR count). The average Bonchev–Trinajstić information content (AvgIpc) is 3.05. The van der Waals surface area contributed by atoms with Gasteiger partial charge in [0.1, 0.15) is 5.82 Å². The molecule has 0 aliphatic carbocycles. The maximum atomic E-state index is 12.0. The van der Waals surface area contributed by atoms with Gasteiger partial charge in [0.15, 0.2) is 5.82 Å². The van der Waals surface area contributed by atoms with Crippen LogP contribution in [0.25, 0.3) is 11.4 Å². The second-order valence-corrected chi connectivity index (χ2v) is 5.42. The van der Waals surface area contributed by atoms with Crippen LogP contribution in [0.5, 0.6) is 0 Å². The lowest BCUT2D eigenvalue weighted by molar-refractivity contribution is 0.0954. The molecule has 0 aliphatic heterocycles. The third-order valence-corrected chi connectivity index (χ3v) is 3.57. The van der Waals surface area contributed by atoms with Gasteiger partial charge >= 0.3 is 0 Å². The van der Waals surface area contributed by atoms with E-state index >= 15 is 0 Å². The van der Waals surface area contributed by atoms with Gasteiger partial charge in [-0.05, 0) is 24.3 Å². The number of carbonyl (C=O) groups is 1. The summed E-state index contributed by atoms with van der Waals surface area (Å²) in [6.07, 6.45) is 0.583. The molecular formula is C17H15ClN4O. The van der Waals surface area contributed by atoms with Crippen LogP contribution in [0.4, 0.5) is 0 Å². The number of aromatic nitrogens is 3. The largest absolute Gasteiger partial charge is 0.352 e. The molecule has 0 radical (unpaired) electrons. The van der Waals surface area contributed by atoms with Crippen molar-refractivity contribution in [2.24, 2.45) is 0 Å². The molecule has 116 valence electrons. The second-order valence-electron chi connectivity index (χ2n) is 4.98. The standard InChI is InChI=1S/C17H15ClN4O/c18-14-8-6-13(7-9-14)17(23)19-11-10-15-20-16(22-21-15)12-4-2-1-3-5-12/h1-9H,10-11H2,(H,19,23)(H,20,21,22). The van der Waals surface area contributed by atoms with Gasteiger partial charge in [-0.2, -0.15) is 5.10 Å². The number of rotatable bonds is 5. The van der Waals surface area contributed by atoms with Crippen molar-refractivity contribution in [1.82, 2.24) is 20.5 Å². The van der Waals surface area contributed by atoms with Crippen molar-refractivity contribution in [1.29, 1.82) is 0 Å². The van der Waals surface area contributed by atoms with Crippen molar-refractivity contribution in [3.63, 3.8) is 0 Å². The van der Waals surface area contributed by atoms with Gasteiger partial charge in [0, 0.05) is 29.1 Å². The van der Waals surface area contributed by atoms with Gasteiger partial charge in [0.25, 0.3) is 5.91 Å². The van der Waals surface area contributed by atoms with Gasteiger partial charge in [-0.1, -0.05) is 41.9 Å². The van der Waals surface area contributed by atoms with E-state index in [2.05, 4.69) is 20.5 Å². The molecule has 2 N–H and O–H groups in total. The van der Waals surface area contributed by atoms with Gasteiger partial charge in [-0.15, -0.1) is 0 Å². The number of benzene rings is 2. The number of nitrogens with zero attached hydrogens (tertiary/aromatic N) is 2. The molecule has 2 aromatic carbocycles. The Bertz CT molecular complexity index is 784. The zero-order valence-corrected chi connectivity index (χ0v) is 13.0. The zero-order valence-electron chi connectivity index (χ0n) is 12.3. The molecule has 0 bridgehead atoms. The highest BCUT2D eigenvalue weighted by Gasteiger charge is 2.07. The number of hydrogen-bond acceptors (Lipinski definition) is 3. The molecule has 0 aliphatic rings. The van der Waals surface area contributed by atoms with Crippen LogP contribution in [0.3, 0.4) is 0 Å². The molecule has 1 amide bonds. The van der Waals surface area contributed by atoms with Crippen molar-refractivity contribution in [2.45, 2.75) is 6.42 Å². The summed E-state index contributed by atoms with van der Waals surface area (Å²) in [6, 6.07) is 16.5. The van der Waals surface area contributed by atoms with Gasteiger partial charge < -0.3 is 5.32 Å². The van der Waals surface area contributed by atoms with Gasteiger partial charge in [-0.25, -0.2) is 4.98 Å². The van der Waals surface area contributed by atoms with E-state index < -0.39 is 0 Å². The maximum Gasteiger partial charge on any atom is 0.251 e. The molecule has 1 aromatic heterocycles. The first-order valence-corrected chi connectivity index (χ1v) is 7.60. The summed E-state index contributed by atoms with van der Waals surface area (Å²) in [5, 5.41) is 10.5. The molecule has 1 heterocycles. The van der Waals surface area contributed by atoms with Crippen LogP contribution >= 0.6 is 11.6 Å². The molecule has 0 unspecified atom stereocenters. The molecule has 5 nitrogen and oxygen atoms in total. The molecule has 0 spiro atoms. The quantitative estimate of drug-likeness (QED) is 0.757. The third kappa shape index (κ3) is 3.96. The van der Waals surface area contributed by atoms with Crippen molar-refractivity contribution < 1.29 is 4.79 Å². The number of amides is 1. The fourth-order valence-electron chi connectivity index (χ4n) is 2.12. The first kappa shape index (κ1) is 15.2. The number of halogens is 1. The van der Waals surface area contributed by atoms with Crippen molar-refractivity contribution in [3.05, 3.63) is 71.0 Å². The predicted molar refractivity (Wildman–Crippen MR) is 89.3 cm³/mol. The Morgan fingerprint density at radius 2 is 1.83 bits per heavy atom. The number of carbonyl (C=O) groups excluding carboxylic acids is 1. The fraction of sp³-hybridized carbons (Fsp3) is 0.118. The molecule has 23 heavy (non-hydrogen) atoms. The summed E-state index contributed by atoms with van der Waals surface area (Å²) in [5.74, 6) is 1.26. The van der Waals surface area contributed by atoms with Crippen LogP contribution in [-0.2, 0) is 6.42 Å². The summed E-state index contributed by atoms with van der Waals surface area (Å²) < 4.78 is 0. The monoisotopic (exact) mass is 326 g/mol. The molecule has 6 heteroatoms. The summed E-state index contributed by atoms with van der Waals surface area (Å²) in [4.78, 5) is 16.4. The lowest BCUT2D eigenvalue weighted by Gasteiger charge is -2.03. The Hall–Kier alpha value is -2.66. The van der Waals surface area contributed by atoms with E-state index in [1.807, 2.05) is 30.3 Å². The van der Waals surface area contributed by atoms with Gasteiger partial charge in [0.2, 0.25) is 0 Å². The Kier molecular flexibility index (Phi) is 4.68. The Morgan fingerprint density at radius 1 is 1.09 bits per heavy atom. The SMILES string of the molecule is O=C(NCCc1nc(-c2ccccc2)n[nH]1)c1ccc(Cl)cc1. The smallest absolute Gasteiger partial charge is 0.251 e. The highest BCUT2D eigenvalue weighted by atomic mass is 35.5. The lowest BCUT2D eigenvalue weighted by atomic mass is 10.2. The van der Waals surface area contributed by atoms with Crippen molar-refractivity contribution in [3.8, 4) is 11.4 Å². The van der Waals surface area contributed by atoms with Gasteiger partial charge in [-0.3, -0.25) is 9.89 Å². The Morgan fingerprint density at radius 3 is 2.57 bits per heavy atom. The van der Waals surface area contributed by atoms with Crippen LogP contribution in [-0.4, -0.2) is 27.6 Å². The maximum absolute atomic E-state index is 12.0. The molecular weight excluding hydrogens is 312 g/mol. The van der Waals surface area contributed by atoms with Gasteiger partial charge in [0.05, 0.1) is 0 Å². The molecule has 0 saturated carbocycles.